The number of hydrogen-bond acceptors (Lipinski definition) is 2. The largest absolute Gasteiger partial charge is 0.312 e. The van der Waals surface area contributed by atoms with Gasteiger partial charge < -0.3 is 10.2 Å². The summed E-state index contributed by atoms with van der Waals surface area (Å²) >= 11 is 0. The van der Waals surface area contributed by atoms with Crippen LogP contribution in [-0.2, 0) is 0 Å². The summed E-state index contributed by atoms with van der Waals surface area (Å²) in [5, 5.41) is 3.61. The lowest BCUT2D eigenvalue weighted by Gasteiger charge is -2.29. The molecule has 1 unspecified atom stereocenters. The molecule has 0 aromatic rings. The fraction of sp³-hybridized carbons (Fsp3) is 1.00. The van der Waals surface area contributed by atoms with Crippen LogP contribution in [0.2, 0.25) is 0 Å². The second kappa shape index (κ2) is 7.38. The lowest BCUT2D eigenvalue weighted by atomic mass is 10.0. The van der Waals surface area contributed by atoms with Crippen LogP contribution in [-0.4, -0.2) is 36.6 Å². The van der Waals surface area contributed by atoms with Crippen molar-refractivity contribution in [2.45, 2.75) is 65.3 Å². The molecule has 17 heavy (non-hydrogen) atoms. The van der Waals surface area contributed by atoms with Crippen molar-refractivity contribution in [2.75, 3.05) is 26.2 Å². The van der Waals surface area contributed by atoms with E-state index in [1.807, 2.05) is 0 Å². The summed E-state index contributed by atoms with van der Waals surface area (Å²) in [5.41, 5.74) is 0.254. The number of rotatable bonds is 4. The van der Waals surface area contributed by atoms with E-state index in [0.29, 0.717) is 0 Å². The van der Waals surface area contributed by atoms with Crippen LogP contribution in [0.25, 0.3) is 0 Å². The Balaban J connectivity index is 2.21. The molecule has 1 atom stereocenters. The topological polar surface area (TPSA) is 15.3 Å². The summed E-state index contributed by atoms with van der Waals surface area (Å²) in [5.74, 6) is 0.758. The first-order valence-electron chi connectivity index (χ1n) is 7.45. The highest BCUT2D eigenvalue weighted by Gasteiger charge is 2.14. The fourth-order valence-corrected chi connectivity index (χ4v) is 2.48. The van der Waals surface area contributed by atoms with Crippen LogP contribution in [0.3, 0.4) is 0 Å². The Morgan fingerprint density at radius 2 is 1.53 bits per heavy atom. The van der Waals surface area contributed by atoms with Crippen molar-refractivity contribution in [3.63, 3.8) is 0 Å². The maximum Gasteiger partial charge on any atom is 0.00966 e. The summed E-state index contributed by atoms with van der Waals surface area (Å²) in [6.07, 6.45) is 7.13. The minimum atomic E-state index is 0.254. The van der Waals surface area contributed by atoms with Gasteiger partial charge in [-0.15, -0.1) is 0 Å². The van der Waals surface area contributed by atoms with E-state index < -0.39 is 0 Å². The van der Waals surface area contributed by atoms with Crippen molar-refractivity contribution in [1.29, 1.82) is 0 Å². The first-order valence-corrected chi connectivity index (χ1v) is 7.45. The Morgan fingerprint density at radius 1 is 1.00 bits per heavy atom. The van der Waals surface area contributed by atoms with Crippen molar-refractivity contribution in [3.05, 3.63) is 0 Å². The van der Waals surface area contributed by atoms with E-state index in [2.05, 4.69) is 37.9 Å². The van der Waals surface area contributed by atoms with E-state index in [9.17, 15) is 0 Å². The fourth-order valence-electron chi connectivity index (χ4n) is 2.48. The molecule has 2 nitrogen and oxygen atoms in total. The SMILES string of the molecule is CC(CNC(C)(C)C)CN1CCCCCCC1. The molecule has 102 valence electrons. The van der Waals surface area contributed by atoms with Crippen molar-refractivity contribution < 1.29 is 0 Å². The molecule has 0 radical (unpaired) electrons. The molecule has 1 heterocycles. The average Bonchev–Trinajstić information content (AvgIpc) is 2.18. The van der Waals surface area contributed by atoms with Gasteiger partial charge in [0.25, 0.3) is 0 Å². The van der Waals surface area contributed by atoms with Gasteiger partial charge in [0, 0.05) is 12.1 Å². The number of nitrogens with zero attached hydrogens (tertiary/aromatic N) is 1. The predicted octanol–water partition coefficient (Wildman–Crippen LogP) is 3.28. The molecule has 1 saturated heterocycles. The van der Waals surface area contributed by atoms with Crippen LogP contribution in [0.4, 0.5) is 0 Å². The van der Waals surface area contributed by atoms with Gasteiger partial charge in [0.2, 0.25) is 0 Å². The van der Waals surface area contributed by atoms with Gasteiger partial charge in [-0.1, -0.05) is 26.2 Å². The number of hydrogen-bond donors (Lipinski definition) is 1. The Kier molecular flexibility index (Phi) is 6.50. The van der Waals surface area contributed by atoms with Gasteiger partial charge in [-0.05, 0) is 59.2 Å². The molecule has 1 aliphatic rings. The first kappa shape index (κ1) is 15.0. The molecule has 0 aromatic carbocycles. The van der Waals surface area contributed by atoms with Gasteiger partial charge in [0.1, 0.15) is 0 Å². The molecule has 1 rings (SSSR count). The third-order valence-corrected chi connectivity index (χ3v) is 3.50. The molecular weight excluding hydrogens is 208 g/mol. The van der Waals surface area contributed by atoms with Crippen molar-refractivity contribution >= 4 is 0 Å². The Hall–Kier alpha value is -0.0800. The summed E-state index contributed by atoms with van der Waals surface area (Å²) < 4.78 is 0. The van der Waals surface area contributed by atoms with E-state index >= 15 is 0 Å². The normalized spacial score (nSPS) is 21.9. The maximum atomic E-state index is 3.61. The molecule has 0 spiro atoms. The van der Waals surface area contributed by atoms with Crippen molar-refractivity contribution in [2.24, 2.45) is 5.92 Å². The van der Waals surface area contributed by atoms with Crippen LogP contribution in [0.5, 0.6) is 0 Å². The highest BCUT2D eigenvalue weighted by molar-refractivity contribution is 4.74. The monoisotopic (exact) mass is 240 g/mol. The second-order valence-corrected chi connectivity index (χ2v) is 6.80. The molecular formula is C15H32N2. The minimum absolute atomic E-state index is 0.254. The highest BCUT2D eigenvalue weighted by atomic mass is 15.1. The lowest BCUT2D eigenvalue weighted by Crippen LogP contribution is -2.42. The molecule has 0 saturated carbocycles. The van der Waals surface area contributed by atoms with Crippen molar-refractivity contribution in [1.82, 2.24) is 10.2 Å². The van der Waals surface area contributed by atoms with E-state index in [0.717, 1.165) is 12.5 Å². The third kappa shape index (κ3) is 7.77. The zero-order chi connectivity index (χ0) is 12.7. The average molecular weight is 240 g/mol. The van der Waals surface area contributed by atoms with E-state index in [1.165, 1.54) is 51.7 Å². The van der Waals surface area contributed by atoms with Crippen LogP contribution >= 0.6 is 0 Å². The molecule has 1 aliphatic heterocycles. The van der Waals surface area contributed by atoms with Gasteiger partial charge in [0.15, 0.2) is 0 Å². The quantitative estimate of drug-likeness (QED) is 0.811. The van der Waals surface area contributed by atoms with Crippen molar-refractivity contribution in [3.8, 4) is 0 Å². The lowest BCUT2D eigenvalue weighted by molar-refractivity contribution is 0.210. The van der Waals surface area contributed by atoms with Gasteiger partial charge in [-0.2, -0.15) is 0 Å². The molecule has 0 bridgehead atoms. The zero-order valence-corrected chi connectivity index (χ0v) is 12.4. The van der Waals surface area contributed by atoms with Gasteiger partial charge in [-0.25, -0.2) is 0 Å². The van der Waals surface area contributed by atoms with Crippen LogP contribution in [0, 0.1) is 5.92 Å². The molecule has 1 N–H and O–H groups in total. The van der Waals surface area contributed by atoms with E-state index in [1.54, 1.807) is 0 Å². The zero-order valence-electron chi connectivity index (χ0n) is 12.4. The number of likely N-dealkylation sites (tertiary alicyclic amines) is 1. The summed E-state index contributed by atoms with van der Waals surface area (Å²) in [6.45, 7) is 14.2. The number of nitrogens with one attached hydrogen (secondary N) is 1. The van der Waals surface area contributed by atoms with Gasteiger partial charge in [0.05, 0.1) is 0 Å². The second-order valence-electron chi connectivity index (χ2n) is 6.80. The molecule has 0 amide bonds. The van der Waals surface area contributed by atoms with Gasteiger partial charge in [-0.3, -0.25) is 0 Å². The third-order valence-electron chi connectivity index (χ3n) is 3.50. The summed E-state index contributed by atoms with van der Waals surface area (Å²) in [6, 6.07) is 0. The Bertz CT molecular complexity index is 188. The van der Waals surface area contributed by atoms with Crippen LogP contribution < -0.4 is 5.32 Å². The Morgan fingerprint density at radius 3 is 2.06 bits per heavy atom. The Labute approximate surface area is 108 Å². The summed E-state index contributed by atoms with van der Waals surface area (Å²) in [4.78, 5) is 2.67. The predicted molar refractivity (Wildman–Crippen MR) is 76.4 cm³/mol. The minimum Gasteiger partial charge on any atom is -0.312 e. The standard InChI is InChI=1S/C15H32N2/c1-14(12-16-15(2,3)4)13-17-10-8-6-5-7-9-11-17/h14,16H,5-13H2,1-4H3. The van der Waals surface area contributed by atoms with Crippen LogP contribution in [0.15, 0.2) is 0 Å². The molecule has 1 fully saturated rings. The van der Waals surface area contributed by atoms with Crippen LogP contribution in [0.1, 0.15) is 59.8 Å². The smallest absolute Gasteiger partial charge is 0.00966 e. The van der Waals surface area contributed by atoms with E-state index in [4.69, 9.17) is 0 Å². The maximum absolute atomic E-state index is 3.61. The molecule has 0 aromatic heterocycles. The van der Waals surface area contributed by atoms with E-state index in [-0.39, 0.29) is 5.54 Å². The highest BCUT2D eigenvalue weighted by Crippen LogP contribution is 2.12. The molecule has 0 aliphatic carbocycles. The summed E-state index contributed by atoms with van der Waals surface area (Å²) in [7, 11) is 0. The first-order chi connectivity index (χ1) is 7.97. The van der Waals surface area contributed by atoms with Gasteiger partial charge >= 0.3 is 0 Å². The molecule has 2 heteroatoms.